The van der Waals surface area contributed by atoms with Crippen LogP contribution in [0.5, 0.6) is 0 Å². The molecule has 0 aromatic heterocycles. The third-order valence-corrected chi connectivity index (χ3v) is 4.06. The van der Waals surface area contributed by atoms with Crippen molar-refractivity contribution < 1.29 is 23.1 Å². The van der Waals surface area contributed by atoms with E-state index >= 15 is 0 Å². The highest BCUT2D eigenvalue weighted by molar-refractivity contribution is 7.91. The molecule has 0 spiro atoms. The van der Waals surface area contributed by atoms with Crippen molar-refractivity contribution in [3.63, 3.8) is 0 Å². The molecular weight excluding hydrogens is 270 g/mol. The van der Waals surface area contributed by atoms with Crippen LogP contribution in [0.4, 0.5) is 0 Å². The summed E-state index contributed by atoms with van der Waals surface area (Å²) in [7, 11) is -3.25. The minimum Gasteiger partial charge on any atom is -0.480 e. The molecule has 0 aliphatic carbocycles. The summed E-state index contributed by atoms with van der Waals surface area (Å²) >= 11 is 0. The molecule has 0 saturated heterocycles. The Morgan fingerprint density at radius 3 is 2.42 bits per heavy atom. The van der Waals surface area contributed by atoms with E-state index in [1.807, 2.05) is 0 Å². The maximum absolute atomic E-state index is 11.4. The molecule has 0 aromatic rings. The van der Waals surface area contributed by atoms with Crippen molar-refractivity contribution >= 4 is 21.7 Å². The van der Waals surface area contributed by atoms with Gasteiger partial charge in [0.1, 0.15) is 15.9 Å². The quantitative estimate of drug-likeness (QED) is 0.501. The Labute approximate surface area is 113 Å². The minimum absolute atomic E-state index is 0.0471. The third kappa shape index (κ3) is 8.15. The van der Waals surface area contributed by atoms with Gasteiger partial charge in [0.05, 0.1) is 5.75 Å². The monoisotopic (exact) mass is 289 g/mol. The zero-order valence-corrected chi connectivity index (χ0v) is 11.8. The predicted molar refractivity (Wildman–Crippen MR) is 72.5 cm³/mol. The average Bonchev–Trinajstić information content (AvgIpc) is 2.34. The van der Waals surface area contributed by atoms with Crippen molar-refractivity contribution in [2.24, 2.45) is 0 Å². The predicted octanol–water partition coefficient (Wildman–Crippen LogP) is 0.513. The summed E-state index contributed by atoms with van der Waals surface area (Å²) < 4.78 is 22.6. The van der Waals surface area contributed by atoms with Crippen molar-refractivity contribution in [2.45, 2.75) is 26.3 Å². The number of amides is 1. The molecule has 1 atom stereocenters. The number of hydrogen-bond donors (Lipinski definition) is 2. The average molecular weight is 289 g/mol. The van der Waals surface area contributed by atoms with Gasteiger partial charge in [-0.05, 0) is 13.3 Å². The lowest BCUT2D eigenvalue weighted by Gasteiger charge is -2.12. The van der Waals surface area contributed by atoms with Gasteiger partial charge in [-0.25, -0.2) is 13.2 Å². The molecule has 0 bridgehead atoms. The maximum Gasteiger partial charge on any atom is 0.326 e. The van der Waals surface area contributed by atoms with Gasteiger partial charge < -0.3 is 10.4 Å². The van der Waals surface area contributed by atoms with Gasteiger partial charge in [-0.1, -0.05) is 25.2 Å². The van der Waals surface area contributed by atoms with E-state index in [9.17, 15) is 18.0 Å². The fraction of sp³-hybridized carbons (Fsp3) is 0.500. The number of carboxylic acid groups (broad SMARTS) is 1. The van der Waals surface area contributed by atoms with Gasteiger partial charge in [0, 0.05) is 11.8 Å². The van der Waals surface area contributed by atoms with Gasteiger partial charge >= 0.3 is 5.97 Å². The summed E-state index contributed by atoms with van der Waals surface area (Å²) in [5.74, 6) is -2.13. The van der Waals surface area contributed by atoms with E-state index in [2.05, 4.69) is 5.32 Å². The second kappa shape index (κ2) is 8.47. The molecule has 7 heteroatoms. The van der Waals surface area contributed by atoms with E-state index in [-0.39, 0.29) is 17.9 Å². The van der Waals surface area contributed by atoms with E-state index in [0.717, 1.165) is 0 Å². The molecule has 19 heavy (non-hydrogen) atoms. The number of carbonyl (C=O) groups is 2. The smallest absolute Gasteiger partial charge is 0.326 e. The lowest BCUT2D eigenvalue weighted by Crippen LogP contribution is -2.41. The highest BCUT2D eigenvalue weighted by atomic mass is 32.2. The molecule has 1 unspecified atom stereocenters. The summed E-state index contributed by atoms with van der Waals surface area (Å²) in [6.07, 6.45) is 5.85. The van der Waals surface area contributed by atoms with E-state index in [4.69, 9.17) is 5.11 Å². The summed E-state index contributed by atoms with van der Waals surface area (Å²) in [6, 6.07) is -1.20. The first kappa shape index (κ1) is 17.4. The van der Waals surface area contributed by atoms with E-state index in [1.54, 1.807) is 19.1 Å². The first-order valence-electron chi connectivity index (χ1n) is 5.85. The number of aliphatic carboxylic acids is 1. The number of rotatable bonds is 8. The largest absolute Gasteiger partial charge is 0.480 e. The van der Waals surface area contributed by atoms with E-state index in [0.29, 0.717) is 0 Å². The standard InChI is InChI=1S/C12H19NO5S/c1-3-5-6-7-11(14)13-10(12(15)16)8-9-19(17,18)4-2/h3,5-7,10H,4,8-9H2,1-2H3,(H,13,14)(H,15,16)/b5-3+,7-6+. The fourth-order valence-corrected chi connectivity index (χ4v) is 2.06. The van der Waals surface area contributed by atoms with Crippen LogP contribution in [-0.4, -0.2) is 42.9 Å². The Kier molecular flexibility index (Phi) is 7.74. The molecule has 0 aromatic carbocycles. The number of hydrogen-bond acceptors (Lipinski definition) is 4. The fourth-order valence-electron chi connectivity index (χ4n) is 1.17. The zero-order valence-electron chi connectivity index (χ0n) is 11.0. The van der Waals surface area contributed by atoms with Gasteiger partial charge in [0.25, 0.3) is 0 Å². The van der Waals surface area contributed by atoms with Crippen LogP contribution < -0.4 is 5.32 Å². The number of sulfone groups is 1. The van der Waals surface area contributed by atoms with Crippen LogP contribution in [0.1, 0.15) is 20.3 Å². The molecule has 0 saturated carbocycles. The Morgan fingerprint density at radius 2 is 1.95 bits per heavy atom. The highest BCUT2D eigenvalue weighted by Crippen LogP contribution is 1.99. The lowest BCUT2D eigenvalue weighted by molar-refractivity contribution is -0.141. The van der Waals surface area contributed by atoms with Crippen molar-refractivity contribution in [1.29, 1.82) is 0 Å². The molecule has 0 heterocycles. The topological polar surface area (TPSA) is 101 Å². The Balaban J connectivity index is 4.51. The minimum atomic E-state index is -3.25. The van der Waals surface area contributed by atoms with Crippen LogP contribution >= 0.6 is 0 Å². The molecule has 1 amide bonds. The van der Waals surface area contributed by atoms with Crippen LogP contribution in [0.25, 0.3) is 0 Å². The van der Waals surface area contributed by atoms with Crippen LogP contribution in [0.15, 0.2) is 24.3 Å². The summed E-state index contributed by atoms with van der Waals surface area (Å²) in [5, 5.41) is 11.2. The van der Waals surface area contributed by atoms with Crippen LogP contribution in [0.3, 0.4) is 0 Å². The maximum atomic E-state index is 11.4. The van der Waals surface area contributed by atoms with Gasteiger partial charge in [-0.2, -0.15) is 0 Å². The molecule has 0 radical (unpaired) electrons. The van der Waals surface area contributed by atoms with Crippen LogP contribution in [-0.2, 0) is 19.4 Å². The van der Waals surface area contributed by atoms with Gasteiger partial charge in [0.15, 0.2) is 0 Å². The molecule has 6 nitrogen and oxygen atoms in total. The SMILES string of the molecule is C/C=C/C=C/C(=O)NC(CCS(=O)(=O)CC)C(=O)O. The summed E-state index contributed by atoms with van der Waals surface area (Å²) in [4.78, 5) is 22.3. The first-order chi connectivity index (χ1) is 8.82. The molecule has 108 valence electrons. The van der Waals surface area contributed by atoms with Crippen LogP contribution in [0, 0.1) is 0 Å². The molecular formula is C12H19NO5S. The molecule has 0 aliphatic heterocycles. The normalized spacial score (nSPS) is 13.8. The van der Waals surface area contributed by atoms with Crippen molar-refractivity contribution in [1.82, 2.24) is 5.32 Å². The summed E-state index contributed by atoms with van der Waals surface area (Å²) in [5.41, 5.74) is 0. The van der Waals surface area contributed by atoms with Crippen molar-refractivity contribution in [2.75, 3.05) is 11.5 Å². The van der Waals surface area contributed by atoms with Gasteiger partial charge in [-0.15, -0.1) is 0 Å². The third-order valence-electron chi connectivity index (χ3n) is 2.32. The number of allylic oxidation sites excluding steroid dienone is 3. The second-order valence-corrected chi connectivity index (χ2v) is 6.28. The Hall–Kier alpha value is -1.63. The highest BCUT2D eigenvalue weighted by Gasteiger charge is 2.21. The summed E-state index contributed by atoms with van der Waals surface area (Å²) in [6.45, 7) is 3.27. The Morgan fingerprint density at radius 1 is 1.32 bits per heavy atom. The second-order valence-electron chi connectivity index (χ2n) is 3.81. The molecule has 0 rings (SSSR count). The Bertz CT molecular complexity index is 465. The van der Waals surface area contributed by atoms with E-state index < -0.39 is 27.8 Å². The molecule has 2 N–H and O–H groups in total. The van der Waals surface area contributed by atoms with E-state index in [1.165, 1.54) is 19.1 Å². The van der Waals surface area contributed by atoms with Crippen molar-refractivity contribution in [3.05, 3.63) is 24.3 Å². The number of carboxylic acids is 1. The lowest BCUT2D eigenvalue weighted by atomic mass is 10.2. The molecule has 0 fully saturated rings. The molecule has 0 aliphatic rings. The number of nitrogens with one attached hydrogen (secondary N) is 1. The number of carbonyl (C=O) groups excluding carboxylic acids is 1. The first-order valence-corrected chi connectivity index (χ1v) is 7.67. The zero-order chi connectivity index (χ0) is 14.9. The van der Waals surface area contributed by atoms with Gasteiger partial charge in [0.2, 0.25) is 5.91 Å². The van der Waals surface area contributed by atoms with Gasteiger partial charge in [-0.3, -0.25) is 4.79 Å². The van der Waals surface area contributed by atoms with Crippen LogP contribution in [0.2, 0.25) is 0 Å². The van der Waals surface area contributed by atoms with Crippen molar-refractivity contribution in [3.8, 4) is 0 Å².